The lowest BCUT2D eigenvalue weighted by Crippen LogP contribution is -2.47. The topological polar surface area (TPSA) is 62.6 Å². The molecule has 0 bridgehead atoms. The number of benzene rings is 2. The van der Waals surface area contributed by atoms with Gasteiger partial charge in [0.2, 0.25) is 5.91 Å². The van der Waals surface area contributed by atoms with Crippen molar-refractivity contribution < 1.29 is 18.0 Å². The van der Waals surface area contributed by atoms with Crippen LogP contribution in [0.3, 0.4) is 0 Å². The van der Waals surface area contributed by atoms with Crippen molar-refractivity contribution >= 4 is 28.9 Å². The molecule has 6 nitrogen and oxygen atoms in total. The van der Waals surface area contributed by atoms with Gasteiger partial charge in [-0.15, -0.1) is 0 Å². The minimum absolute atomic E-state index is 0.184. The first-order valence-corrected chi connectivity index (χ1v) is 14.0. The molecule has 1 N–H and O–H groups in total. The first kappa shape index (κ1) is 30.6. The van der Waals surface area contributed by atoms with E-state index in [1.807, 2.05) is 24.8 Å². The third-order valence-corrected chi connectivity index (χ3v) is 7.42. The first-order valence-electron chi connectivity index (χ1n) is 13.6. The van der Waals surface area contributed by atoms with E-state index in [2.05, 4.69) is 21.2 Å². The number of halogens is 4. The van der Waals surface area contributed by atoms with Crippen molar-refractivity contribution in [2.75, 3.05) is 56.0 Å². The molecule has 0 unspecified atom stereocenters. The van der Waals surface area contributed by atoms with Crippen LogP contribution in [0.15, 0.2) is 42.5 Å². The highest BCUT2D eigenvalue weighted by Gasteiger charge is 2.30. The maximum Gasteiger partial charge on any atom is 0.416 e. The molecule has 0 radical (unpaired) electrons. The standard InChI is InChI=1S/C27H31ClF3N5O.C2H6/c28-25-18-23(6-3-20(25)19-32)33-22-9-12-36(13-10-22)26(37)2-1-11-34-14-16-35(17-15-34)24-7-4-21(5-8-24)27(29,30)31;1-2/h3-8,18,22,33H,1-2,9-17H2;1-2H3. The summed E-state index contributed by atoms with van der Waals surface area (Å²) in [6.07, 6.45) is -1.30. The second kappa shape index (κ2) is 14.4. The van der Waals surface area contributed by atoms with Gasteiger partial charge in [0.1, 0.15) is 6.07 Å². The average Bonchev–Trinajstić information content (AvgIpc) is 2.94. The van der Waals surface area contributed by atoms with Crippen molar-refractivity contribution in [3.63, 3.8) is 0 Å². The van der Waals surface area contributed by atoms with Crippen LogP contribution < -0.4 is 10.2 Å². The molecular formula is C29H37ClF3N5O. The molecule has 2 aromatic carbocycles. The van der Waals surface area contributed by atoms with E-state index in [1.54, 1.807) is 12.1 Å². The summed E-state index contributed by atoms with van der Waals surface area (Å²) >= 11 is 6.12. The maximum atomic E-state index is 12.8. The zero-order chi connectivity index (χ0) is 28.4. The monoisotopic (exact) mass is 563 g/mol. The van der Waals surface area contributed by atoms with E-state index in [9.17, 15) is 18.0 Å². The third kappa shape index (κ3) is 8.77. The van der Waals surface area contributed by atoms with Crippen molar-refractivity contribution in [2.24, 2.45) is 0 Å². The van der Waals surface area contributed by atoms with Crippen molar-refractivity contribution in [1.82, 2.24) is 9.80 Å². The van der Waals surface area contributed by atoms with E-state index in [0.717, 1.165) is 75.5 Å². The zero-order valence-corrected chi connectivity index (χ0v) is 23.4. The number of piperazine rings is 1. The Bertz CT molecular complexity index is 1100. The summed E-state index contributed by atoms with van der Waals surface area (Å²) in [4.78, 5) is 19.1. The van der Waals surface area contributed by atoms with Crippen LogP contribution in [-0.4, -0.2) is 67.6 Å². The maximum absolute atomic E-state index is 12.8. The number of hydrogen-bond donors (Lipinski definition) is 1. The number of hydrogen-bond acceptors (Lipinski definition) is 5. The molecule has 1 amide bonds. The largest absolute Gasteiger partial charge is 0.416 e. The number of nitrogens with zero attached hydrogens (tertiary/aromatic N) is 4. The van der Waals surface area contributed by atoms with Crippen LogP contribution in [0.4, 0.5) is 24.5 Å². The van der Waals surface area contributed by atoms with E-state index in [-0.39, 0.29) is 11.9 Å². The fraction of sp³-hybridized carbons (Fsp3) is 0.517. The minimum Gasteiger partial charge on any atom is -0.382 e. The summed E-state index contributed by atoms with van der Waals surface area (Å²) in [5, 5.41) is 12.9. The van der Waals surface area contributed by atoms with Crippen LogP contribution in [0.1, 0.15) is 50.7 Å². The average molecular weight is 564 g/mol. The second-order valence-corrected chi connectivity index (χ2v) is 9.99. The van der Waals surface area contributed by atoms with Gasteiger partial charge < -0.3 is 15.1 Å². The highest BCUT2D eigenvalue weighted by Crippen LogP contribution is 2.31. The number of nitriles is 1. The fourth-order valence-electron chi connectivity index (χ4n) is 4.91. The zero-order valence-electron chi connectivity index (χ0n) is 22.6. The molecule has 0 saturated carbocycles. The van der Waals surface area contributed by atoms with Gasteiger partial charge in [-0.05, 0) is 68.3 Å². The summed E-state index contributed by atoms with van der Waals surface area (Å²) in [5.41, 5.74) is 1.51. The van der Waals surface area contributed by atoms with E-state index in [4.69, 9.17) is 16.9 Å². The van der Waals surface area contributed by atoms with Gasteiger partial charge in [0.05, 0.1) is 16.1 Å². The Morgan fingerprint density at radius 2 is 1.67 bits per heavy atom. The predicted molar refractivity (Wildman–Crippen MR) is 150 cm³/mol. The number of alkyl halides is 3. The molecule has 0 aliphatic carbocycles. The third-order valence-electron chi connectivity index (χ3n) is 7.11. The summed E-state index contributed by atoms with van der Waals surface area (Å²) < 4.78 is 38.3. The fourth-order valence-corrected chi connectivity index (χ4v) is 5.13. The Morgan fingerprint density at radius 3 is 2.23 bits per heavy atom. The Morgan fingerprint density at radius 1 is 1.03 bits per heavy atom. The quantitative estimate of drug-likeness (QED) is 0.431. The molecule has 2 fully saturated rings. The summed E-state index contributed by atoms with van der Waals surface area (Å²) in [6, 6.07) is 13.0. The summed E-state index contributed by atoms with van der Waals surface area (Å²) in [7, 11) is 0. The molecule has 2 aliphatic heterocycles. The van der Waals surface area contributed by atoms with Gasteiger partial charge in [0.25, 0.3) is 0 Å². The molecule has 2 aliphatic rings. The van der Waals surface area contributed by atoms with Gasteiger partial charge in [0.15, 0.2) is 0 Å². The molecule has 212 valence electrons. The predicted octanol–water partition coefficient (Wildman–Crippen LogP) is 6.26. The highest BCUT2D eigenvalue weighted by molar-refractivity contribution is 6.32. The van der Waals surface area contributed by atoms with Crippen molar-refractivity contribution in [1.29, 1.82) is 5.26 Å². The number of carbonyl (C=O) groups excluding carboxylic acids is 1. The van der Waals surface area contributed by atoms with Gasteiger partial charge >= 0.3 is 6.18 Å². The molecule has 2 aromatic rings. The number of carbonyl (C=O) groups is 1. The molecule has 2 heterocycles. The van der Waals surface area contributed by atoms with E-state index in [1.165, 1.54) is 12.1 Å². The number of amides is 1. The molecule has 10 heteroatoms. The summed E-state index contributed by atoms with van der Waals surface area (Å²) in [5.74, 6) is 0.184. The Balaban J connectivity index is 0.00000205. The molecule has 0 aromatic heterocycles. The van der Waals surface area contributed by atoms with Gasteiger partial charge in [-0.1, -0.05) is 25.4 Å². The van der Waals surface area contributed by atoms with Crippen LogP contribution in [0.5, 0.6) is 0 Å². The van der Waals surface area contributed by atoms with Crippen molar-refractivity contribution in [3.8, 4) is 6.07 Å². The van der Waals surface area contributed by atoms with E-state index < -0.39 is 11.7 Å². The number of rotatable bonds is 7. The summed E-state index contributed by atoms with van der Waals surface area (Å²) in [6.45, 7) is 9.43. The van der Waals surface area contributed by atoms with Gasteiger partial charge in [0, 0.05) is 63.1 Å². The molecule has 2 saturated heterocycles. The Labute approximate surface area is 234 Å². The number of likely N-dealkylation sites (tertiary alicyclic amines) is 1. The normalized spacial score (nSPS) is 16.7. The van der Waals surface area contributed by atoms with Crippen LogP contribution in [-0.2, 0) is 11.0 Å². The molecule has 39 heavy (non-hydrogen) atoms. The molecule has 0 spiro atoms. The van der Waals surface area contributed by atoms with E-state index >= 15 is 0 Å². The second-order valence-electron chi connectivity index (χ2n) is 9.58. The Hall–Kier alpha value is -2.96. The van der Waals surface area contributed by atoms with Crippen LogP contribution in [0.25, 0.3) is 0 Å². The first-order chi connectivity index (χ1) is 18.7. The van der Waals surface area contributed by atoms with Gasteiger partial charge in [-0.3, -0.25) is 9.69 Å². The Kier molecular flexibility index (Phi) is 11.3. The lowest BCUT2D eigenvalue weighted by atomic mass is 10.0. The van der Waals surface area contributed by atoms with Crippen molar-refractivity contribution in [3.05, 3.63) is 58.6 Å². The lowest BCUT2D eigenvalue weighted by Gasteiger charge is -2.36. The van der Waals surface area contributed by atoms with Gasteiger partial charge in [-0.2, -0.15) is 18.4 Å². The number of anilines is 2. The number of nitrogens with one attached hydrogen (secondary N) is 1. The van der Waals surface area contributed by atoms with Crippen LogP contribution >= 0.6 is 11.6 Å². The molecule has 4 rings (SSSR count). The lowest BCUT2D eigenvalue weighted by molar-refractivity contribution is -0.137. The highest BCUT2D eigenvalue weighted by atomic mass is 35.5. The number of piperidine rings is 1. The van der Waals surface area contributed by atoms with Crippen LogP contribution in [0.2, 0.25) is 5.02 Å². The van der Waals surface area contributed by atoms with Crippen molar-refractivity contribution in [2.45, 2.75) is 51.7 Å². The molecule has 0 atom stereocenters. The molecular weight excluding hydrogens is 527 g/mol. The van der Waals surface area contributed by atoms with E-state index in [0.29, 0.717) is 30.1 Å². The SMILES string of the molecule is CC.N#Cc1ccc(NC2CCN(C(=O)CCCN3CCN(c4ccc(C(F)(F)F)cc4)CC3)CC2)cc1Cl. The smallest absolute Gasteiger partial charge is 0.382 e. The van der Waals surface area contributed by atoms with Crippen LogP contribution in [0, 0.1) is 11.3 Å². The minimum atomic E-state index is -4.32. The van der Waals surface area contributed by atoms with Gasteiger partial charge in [-0.25, -0.2) is 0 Å².